The average molecular weight is 613 g/mol. The van der Waals surface area contributed by atoms with Crippen LogP contribution in [0.4, 0.5) is 18.9 Å². The van der Waals surface area contributed by atoms with E-state index in [-0.39, 0.29) is 17.1 Å². The van der Waals surface area contributed by atoms with Gasteiger partial charge < -0.3 is 10.4 Å². The summed E-state index contributed by atoms with van der Waals surface area (Å²) in [6.45, 7) is 0.0686. The third-order valence-corrected chi connectivity index (χ3v) is 7.64. The summed E-state index contributed by atoms with van der Waals surface area (Å²) in [6, 6.07) is 13.9. The fourth-order valence-electron chi connectivity index (χ4n) is 4.01. The molecule has 1 aliphatic rings. The monoisotopic (exact) mass is 610 g/mol. The number of alkyl halides is 5. The highest BCUT2D eigenvalue weighted by Crippen LogP contribution is 2.65. The lowest BCUT2D eigenvalue weighted by Gasteiger charge is -2.17. The number of nitrogens with one attached hydrogen (secondary N) is 2. The molecule has 1 aliphatic carbocycles. The second kappa shape index (κ2) is 10.8. The quantitative estimate of drug-likeness (QED) is 0.187. The van der Waals surface area contributed by atoms with Crippen LogP contribution in [0.5, 0.6) is 0 Å². The van der Waals surface area contributed by atoms with Crippen molar-refractivity contribution >= 4 is 69.6 Å². The van der Waals surface area contributed by atoms with Gasteiger partial charge >= 0.3 is 6.18 Å². The van der Waals surface area contributed by atoms with Gasteiger partial charge in [-0.15, -0.1) is 23.2 Å². The highest BCUT2D eigenvalue weighted by molar-refractivity contribution is 6.53. The van der Waals surface area contributed by atoms with E-state index in [1.807, 2.05) is 0 Å². The van der Waals surface area contributed by atoms with Gasteiger partial charge in [0, 0.05) is 38.8 Å². The number of halogens is 8. The zero-order valence-electron chi connectivity index (χ0n) is 18.6. The first-order chi connectivity index (χ1) is 17.3. The summed E-state index contributed by atoms with van der Waals surface area (Å²) in [6.07, 6.45) is -5.70. The van der Waals surface area contributed by atoms with Crippen LogP contribution in [0.1, 0.15) is 34.4 Å². The number of carbonyl (C=O) groups excluding carboxylic acids is 1. The minimum atomic E-state index is -4.43. The molecule has 196 valence electrons. The molecule has 3 atom stereocenters. The number of hydrogen-bond acceptors (Lipinski definition) is 3. The van der Waals surface area contributed by atoms with E-state index >= 15 is 0 Å². The van der Waals surface area contributed by atoms with Gasteiger partial charge in [-0.1, -0.05) is 46.9 Å². The maximum absolute atomic E-state index is 13.0. The van der Waals surface area contributed by atoms with Crippen LogP contribution in [0.25, 0.3) is 0 Å². The standard InChI is InChI=1S/C25H18Cl5F3N2O2/c26-15-7-13(8-16(27)9-15)20-21(24(20,29)30)23(37)35-17-5-6-19(28)18(10-17)22(36)34-11-12-1-3-14(4-2-12)25(31,32)33/h1-10,20-22,34,36H,11H2,(H,35,37). The van der Waals surface area contributed by atoms with Gasteiger partial charge in [0.1, 0.15) is 10.6 Å². The van der Waals surface area contributed by atoms with Crippen LogP contribution in [-0.4, -0.2) is 15.3 Å². The number of anilines is 1. The molecule has 3 aromatic carbocycles. The van der Waals surface area contributed by atoms with Crippen LogP contribution in [-0.2, 0) is 17.5 Å². The number of hydrogen-bond donors (Lipinski definition) is 3. The lowest BCUT2D eigenvalue weighted by Crippen LogP contribution is -2.21. The van der Waals surface area contributed by atoms with Crippen molar-refractivity contribution in [3.05, 3.63) is 98.0 Å². The Labute approximate surface area is 235 Å². The minimum Gasteiger partial charge on any atom is -0.374 e. The van der Waals surface area contributed by atoms with E-state index < -0.39 is 40.0 Å². The Morgan fingerprint density at radius 3 is 2.19 bits per heavy atom. The molecule has 4 rings (SSSR count). The van der Waals surface area contributed by atoms with Gasteiger partial charge in [0.05, 0.1) is 11.5 Å². The van der Waals surface area contributed by atoms with Crippen molar-refractivity contribution in [2.45, 2.75) is 29.2 Å². The van der Waals surface area contributed by atoms with Crippen LogP contribution in [0.2, 0.25) is 15.1 Å². The molecule has 0 aliphatic heterocycles. The Balaban J connectivity index is 1.42. The van der Waals surface area contributed by atoms with E-state index in [1.165, 1.54) is 24.3 Å². The van der Waals surface area contributed by atoms with Gasteiger partial charge in [0.2, 0.25) is 5.91 Å². The van der Waals surface area contributed by atoms with E-state index in [4.69, 9.17) is 58.0 Å². The summed E-state index contributed by atoms with van der Waals surface area (Å²) in [5.74, 6) is -1.77. The molecular formula is C25H18Cl5F3N2O2. The summed E-state index contributed by atoms with van der Waals surface area (Å²) < 4.78 is 36.8. The number of aliphatic hydroxyl groups excluding tert-OH is 1. The molecule has 0 saturated heterocycles. The second-order valence-corrected chi connectivity index (χ2v) is 11.3. The Hall–Kier alpha value is -1.71. The molecular weight excluding hydrogens is 595 g/mol. The number of amides is 1. The summed E-state index contributed by atoms with van der Waals surface area (Å²) in [7, 11) is 0. The number of carbonyl (C=O) groups is 1. The second-order valence-electron chi connectivity index (χ2n) is 8.54. The van der Waals surface area contributed by atoms with Crippen LogP contribution in [0, 0.1) is 5.92 Å². The van der Waals surface area contributed by atoms with Gasteiger partial charge in [-0.25, -0.2) is 0 Å². The molecule has 0 bridgehead atoms. The van der Waals surface area contributed by atoms with Crippen molar-refractivity contribution in [1.29, 1.82) is 0 Å². The van der Waals surface area contributed by atoms with Crippen molar-refractivity contribution < 1.29 is 23.1 Å². The summed E-state index contributed by atoms with van der Waals surface area (Å²) in [4.78, 5) is 13.0. The first-order valence-corrected chi connectivity index (χ1v) is 12.7. The average Bonchev–Trinajstić information content (AvgIpc) is 3.40. The Bertz CT molecular complexity index is 1300. The van der Waals surface area contributed by atoms with E-state index in [0.717, 1.165) is 12.1 Å². The highest BCUT2D eigenvalue weighted by atomic mass is 35.5. The summed E-state index contributed by atoms with van der Waals surface area (Å²) in [5.41, 5.74) is 0.969. The fraction of sp³-hybridized carbons (Fsp3) is 0.240. The van der Waals surface area contributed by atoms with E-state index in [9.17, 15) is 23.1 Å². The van der Waals surface area contributed by atoms with E-state index in [1.54, 1.807) is 24.3 Å². The molecule has 1 amide bonds. The molecule has 0 radical (unpaired) electrons. The smallest absolute Gasteiger partial charge is 0.374 e. The van der Waals surface area contributed by atoms with Crippen molar-refractivity contribution in [2.24, 2.45) is 5.92 Å². The summed E-state index contributed by atoms with van der Waals surface area (Å²) in [5, 5.41) is 17.1. The topological polar surface area (TPSA) is 61.4 Å². The predicted molar refractivity (Wildman–Crippen MR) is 140 cm³/mol. The van der Waals surface area contributed by atoms with Crippen molar-refractivity contribution in [3.63, 3.8) is 0 Å². The molecule has 0 aromatic heterocycles. The number of aliphatic hydroxyl groups is 1. The molecule has 12 heteroatoms. The fourth-order valence-corrected chi connectivity index (χ4v) is 5.60. The minimum absolute atomic E-state index is 0.0686. The zero-order valence-corrected chi connectivity index (χ0v) is 22.4. The zero-order chi connectivity index (χ0) is 27.1. The molecule has 4 nitrogen and oxygen atoms in total. The van der Waals surface area contributed by atoms with Gasteiger partial charge in [-0.3, -0.25) is 10.1 Å². The SMILES string of the molecule is O=C(Nc1ccc(Cl)c(C(O)NCc2ccc(C(F)(F)F)cc2)c1)C1C(c2cc(Cl)cc(Cl)c2)C1(Cl)Cl. The Kier molecular flexibility index (Phi) is 8.27. The molecule has 1 fully saturated rings. The largest absolute Gasteiger partial charge is 0.416 e. The predicted octanol–water partition coefficient (Wildman–Crippen LogP) is 7.97. The van der Waals surface area contributed by atoms with Crippen molar-refractivity contribution in [2.75, 3.05) is 5.32 Å². The lowest BCUT2D eigenvalue weighted by molar-refractivity contribution is -0.137. The molecule has 0 spiro atoms. The lowest BCUT2D eigenvalue weighted by atomic mass is 10.1. The molecule has 3 unspecified atom stereocenters. The first kappa shape index (κ1) is 28.3. The Morgan fingerprint density at radius 1 is 0.973 bits per heavy atom. The van der Waals surface area contributed by atoms with Crippen LogP contribution >= 0.6 is 58.0 Å². The third-order valence-electron chi connectivity index (χ3n) is 5.92. The molecule has 3 aromatic rings. The van der Waals surface area contributed by atoms with Crippen LogP contribution in [0.3, 0.4) is 0 Å². The van der Waals surface area contributed by atoms with Gasteiger partial charge in [0.25, 0.3) is 0 Å². The van der Waals surface area contributed by atoms with Crippen LogP contribution < -0.4 is 10.6 Å². The molecule has 1 saturated carbocycles. The van der Waals surface area contributed by atoms with Gasteiger partial charge in [0.15, 0.2) is 0 Å². The Morgan fingerprint density at radius 2 is 1.59 bits per heavy atom. The molecule has 3 N–H and O–H groups in total. The molecule has 0 heterocycles. The van der Waals surface area contributed by atoms with Gasteiger partial charge in [-0.2, -0.15) is 13.2 Å². The maximum atomic E-state index is 13.0. The normalized spacial score (nSPS) is 19.4. The van der Waals surface area contributed by atoms with Crippen molar-refractivity contribution in [1.82, 2.24) is 5.32 Å². The maximum Gasteiger partial charge on any atom is 0.416 e. The van der Waals surface area contributed by atoms with Crippen LogP contribution in [0.15, 0.2) is 60.7 Å². The van der Waals surface area contributed by atoms with E-state index in [2.05, 4.69) is 10.6 Å². The number of rotatable bonds is 7. The number of benzene rings is 3. The highest BCUT2D eigenvalue weighted by Gasteiger charge is 2.67. The third kappa shape index (κ3) is 6.48. The molecule has 37 heavy (non-hydrogen) atoms. The summed E-state index contributed by atoms with van der Waals surface area (Å²) >= 11 is 31.2. The van der Waals surface area contributed by atoms with Gasteiger partial charge in [-0.05, 0) is 59.7 Å². The van der Waals surface area contributed by atoms with Crippen molar-refractivity contribution in [3.8, 4) is 0 Å². The van der Waals surface area contributed by atoms with E-state index in [0.29, 0.717) is 26.9 Å². The first-order valence-electron chi connectivity index (χ1n) is 10.8.